The van der Waals surface area contributed by atoms with Crippen LogP contribution < -0.4 is 10.2 Å². The number of rotatable bonds is 3. The summed E-state index contributed by atoms with van der Waals surface area (Å²) in [5.41, 5.74) is 0.0749. The maximum absolute atomic E-state index is 13.9. The van der Waals surface area contributed by atoms with Gasteiger partial charge in [-0.2, -0.15) is 0 Å². The van der Waals surface area contributed by atoms with Crippen molar-refractivity contribution in [2.75, 3.05) is 4.90 Å². The fraction of sp³-hybridized carbons (Fsp3) is 0. The molecular weight excluding hydrogens is 374 g/mol. The Bertz CT molecular complexity index is 919. The Morgan fingerprint density at radius 3 is 1.70 bits per heavy atom. The Labute approximate surface area is 159 Å². The molecule has 1 N–H and O–H groups in total. The first kappa shape index (κ1) is 18.5. The van der Waals surface area contributed by atoms with Crippen molar-refractivity contribution in [2.24, 2.45) is 0 Å². The molecule has 0 heterocycles. The molecule has 3 rings (SSSR count). The van der Waals surface area contributed by atoms with Crippen molar-refractivity contribution in [3.63, 3.8) is 0 Å². The Morgan fingerprint density at radius 2 is 1.26 bits per heavy atom. The number of para-hydroxylation sites is 2. The molecule has 3 aromatic carbocycles. The zero-order valence-electron chi connectivity index (χ0n) is 13.8. The van der Waals surface area contributed by atoms with Crippen LogP contribution in [-0.4, -0.2) is 11.9 Å². The molecule has 136 valence electrons. The molecule has 0 aromatic heterocycles. The molecule has 0 aliphatic carbocycles. The van der Waals surface area contributed by atoms with Crippen LogP contribution in [0.2, 0.25) is 5.02 Å². The summed E-state index contributed by atoms with van der Waals surface area (Å²) >= 11 is 5.56. The number of carbonyl (C=O) groups excluding carboxylic acids is 2. The molecule has 4 nitrogen and oxygen atoms in total. The van der Waals surface area contributed by atoms with Gasteiger partial charge in [0.2, 0.25) is 0 Å². The van der Waals surface area contributed by atoms with Gasteiger partial charge in [0.1, 0.15) is 17.2 Å². The number of hydrogen-bond donors (Lipinski definition) is 1. The van der Waals surface area contributed by atoms with Crippen molar-refractivity contribution in [3.05, 3.63) is 95.0 Å². The van der Waals surface area contributed by atoms with Crippen LogP contribution in [0.5, 0.6) is 0 Å². The van der Waals surface area contributed by atoms with E-state index >= 15 is 0 Å². The zero-order valence-corrected chi connectivity index (χ0v) is 14.6. The number of imide groups is 1. The monoisotopic (exact) mass is 386 g/mol. The maximum Gasteiger partial charge on any atom is 0.333 e. The summed E-state index contributed by atoms with van der Waals surface area (Å²) in [7, 11) is 0. The van der Waals surface area contributed by atoms with E-state index in [9.17, 15) is 18.4 Å². The molecule has 0 bridgehead atoms. The quantitative estimate of drug-likeness (QED) is 0.663. The third-order valence-corrected chi connectivity index (χ3v) is 3.90. The minimum absolute atomic E-state index is 0.192. The number of nitrogens with zero attached hydrogens (tertiary/aromatic N) is 1. The summed E-state index contributed by atoms with van der Waals surface area (Å²) in [4.78, 5) is 26.3. The van der Waals surface area contributed by atoms with Gasteiger partial charge in [0.15, 0.2) is 0 Å². The predicted molar refractivity (Wildman–Crippen MR) is 99.3 cm³/mol. The number of urea groups is 1. The van der Waals surface area contributed by atoms with Crippen LogP contribution in [0.1, 0.15) is 10.4 Å². The van der Waals surface area contributed by atoms with E-state index in [2.05, 4.69) is 0 Å². The molecule has 0 saturated heterocycles. The summed E-state index contributed by atoms with van der Waals surface area (Å²) in [5, 5.41) is 1.83. The van der Waals surface area contributed by atoms with E-state index in [4.69, 9.17) is 11.6 Å². The fourth-order valence-corrected chi connectivity index (χ4v) is 2.70. The van der Waals surface area contributed by atoms with E-state index in [1.54, 1.807) is 60.7 Å². The van der Waals surface area contributed by atoms with E-state index in [0.29, 0.717) is 11.4 Å². The number of nitrogens with one attached hydrogen (secondary N) is 1. The van der Waals surface area contributed by atoms with Gasteiger partial charge in [-0.1, -0.05) is 48.0 Å². The van der Waals surface area contributed by atoms with Gasteiger partial charge in [-0.3, -0.25) is 15.0 Å². The highest BCUT2D eigenvalue weighted by Gasteiger charge is 2.24. The van der Waals surface area contributed by atoms with Crippen LogP contribution in [0.25, 0.3) is 0 Å². The van der Waals surface area contributed by atoms with Crippen molar-refractivity contribution in [2.45, 2.75) is 0 Å². The normalized spacial score (nSPS) is 10.3. The smallest absolute Gasteiger partial charge is 0.273 e. The van der Waals surface area contributed by atoms with Crippen molar-refractivity contribution in [1.82, 2.24) is 5.32 Å². The molecule has 0 atom stereocenters. The van der Waals surface area contributed by atoms with Crippen molar-refractivity contribution in [3.8, 4) is 0 Å². The van der Waals surface area contributed by atoms with Crippen LogP contribution in [0.3, 0.4) is 0 Å². The second kappa shape index (κ2) is 7.97. The SMILES string of the molecule is O=C(NC(=O)N(c1ccccc1)c1ccccc1)c1c(F)cc(Cl)cc1F. The van der Waals surface area contributed by atoms with Crippen LogP contribution >= 0.6 is 11.6 Å². The Morgan fingerprint density at radius 1 is 0.815 bits per heavy atom. The third-order valence-electron chi connectivity index (χ3n) is 3.69. The second-order valence-electron chi connectivity index (χ2n) is 5.51. The van der Waals surface area contributed by atoms with Gasteiger partial charge in [0, 0.05) is 5.02 Å². The van der Waals surface area contributed by atoms with Gasteiger partial charge in [0.25, 0.3) is 5.91 Å². The van der Waals surface area contributed by atoms with Crippen LogP contribution in [0, 0.1) is 11.6 Å². The number of halogens is 3. The Balaban J connectivity index is 1.93. The molecule has 0 fully saturated rings. The topological polar surface area (TPSA) is 49.4 Å². The Kier molecular flexibility index (Phi) is 5.47. The molecular formula is C20H13ClF2N2O2. The number of anilines is 2. The molecule has 3 aromatic rings. The zero-order chi connectivity index (χ0) is 19.4. The lowest BCUT2D eigenvalue weighted by Gasteiger charge is -2.23. The van der Waals surface area contributed by atoms with Crippen molar-refractivity contribution >= 4 is 34.9 Å². The van der Waals surface area contributed by atoms with Gasteiger partial charge in [0.05, 0.1) is 11.4 Å². The van der Waals surface area contributed by atoms with E-state index in [1.165, 1.54) is 4.90 Å². The molecule has 0 spiro atoms. The minimum atomic E-state index is -1.21. The first-order valence-corrected chi connectivity index (χ1v) is 8.25. The van der Waals surface area contributed by atoms with Crippen LogP contribution in [0.15, 0.2) is 72.8 Å². The number of benzene rings is 3. The highest BCUT2D eigenvalue weighted by molar-refractivity contribution is 6.30. The molecule has 0 radical (unpaired) electrons. The highest BCUT2D eigenvalue weighted by atomic mass is 35.5. The van der Waals surface area contributed by atoms with Gasteiger partial charge < -0.3 is 0 Å². The number of carbonyl (C=O) groups is 2. The van der Waals surface area contributed by atoms with Gasteiger partial charge in [-0.15, -0.1) is 0 Å². The maximum atomic E-state index is 13.9. The van der Waals surface area contributed by atoms with E-state index in [-0.39, 0.29) is 5.02 Å². The molecule has 0 unspecified atom stereocenters. The average molecular weight is 387 g/mol. The number of amides is 3. The summed E-state index contributed by atoms with van der Waals surface area (Å²) < 4.78 is 27.9. The summed E-state index contributed by atoms with van der Waals surface area (Å²) in [6, 6.07) is 17.8. The van der Waals surface area contributed by atoms with Crippen LogP contribution in [-0.2, 0) is 0 Å². The van der Waals surface area contributed by atoms with Crippen LogP contribution in [0.4, 0.5) is 25.0 Å². The molecule has 0 saturated carbocycles. The lowest BCUT2D eigenvalue weighted by atomic mass is 10.2. The van der Waals surface area contributed by atoms with E-state index in [1.807, 2.05) is 5.32 Å². The first-order valence-electron chi connectivity index (χ1n) is 7.87. The lowest BCUT2D eigenvalue weighted by molar-refractivity contribution is 0.0958. The molecule has 0 aliphatic heterocycles. The lowest BCUT2D eigenvalue weighted by Crippen LogP contribution is -2.41. The minimum Gasteiger partial charge on any atom is -0.273 e. The summed E-state index contributed by atoms with van der Waals surface area (Å²) in [5.74, 6) is -3.52. The Hall–Kier alpha value is -3.25. The predicted octanol–water partition coefficient (Wildman–Crippen LogP) is 5.31. The molecule has 0 aliphatic rings. The highest BCUT2D eigenvalue weighted by Crippen LogP contribution is 2.25. The second-order valence-corrected chi connectivity index (χ2v) is 5.95. The number of hydrogen-bond acceptors (Lipinski definition) is 2. The summed E-state index contributed by atoms with van der Waals surface area (Å²) in [6.45, 7) is 0. The first-order chi connectivity index (χ1) is 13.0. The van der Waals surface area contributed by atoms with E-state index < -0.39 is 29.1 Å². The van der Waals surface area contributed by atoms with Gasteiger partial charge in [-0.05, 0) is 36.4 Å². The van der Waals surface area contributed by atoms with Crippen molar-refractivity contribution in [1.29, 1.82) is 0 Å². The molecule has 7 heteroatoms. The third kappa shape index (κ3) is 4.12. The van der Waals surface area contributed by atoms with Gasteiger partial charge >= 0.3 is 6.03 Å². The van der Waals surface area contributed by atoms with Crippen molar-refractivity contribution < 1.29 is 18.4 Å². The standard InChI is InChI=1S/C20H13ClF2N2O2/c21-13-11-16(22)18(17(23)12-13)19(26)24-20(27)25(14-7-3-1-4-8-14)15-9-5-2-6-10-15/h1-12H,(H,24,26,27). The fourth-order valence-electron chi connectivity index (χ4n) is 2.51. The van der Waals surface area contributed by atoms with E-state index in [0.717, 1.165) is 12.1 Å². The summed E-state index contributed by atoms with van der Waals surface area (Å²) in [6.07, 6.45) is 0. The molecule has 27 heavy (non-hydrogen) atoms. The average Bonchev–Trinajstić information content (AvgIpc) is 2.62. The largest absolute Gasteiger partial charge is 0.333 e. The molecule has 3 amide bonds. The van der Waals surface area contributed by atoms with Gasteiger partial charge in [-0.25, -0.2) is 13.6 Å².